The highest BCUT2D eigenvalue weighted by Crippen LogP contribution is 2.27. The van der Waals surface area contributed by atoms with Crippen molar-refractivity contribution in [2.75, 3.05) is 37.4 Å². The van der Waals surface area contributed by atoms with E-state index in [1.807, 2.05) is 60.7 Å². The second-order valence-corrected chi connectivity index (χ2v) is 8.37. The highest BCUT2D eigenvalue weighted by atomic mass is 16.5. The summed E-state index contributed by atoms with van der Waals surface area (Å²) < 4.78 is 11.3. The van der Waals surface area contributed by atoms with E-state index in [9.17, 15) is 4.79 Å². The predicted octanol–water partition coefficient (Wildman–Crippen LogP) is 4.20. The molecule has 0 aliphatic carbocycles. The number of para-hydroxylation sites is 1. The number of aromatic nitrogens is 3. The van der Waals surface area contributed by atoms with E-state index in [1.54, 1.807) is 17.2 Å². The second-order valence-electron chi connectivity index (χ2n) is 8.37. The van der Waals surface area contributed by atoms with Gasteiger partial charge in [-0.25, -0.2) is 14.8 Å². The fourth-order valence-electron chi connectivity index (χ4n) is 3.85. The molecule has 188 valence electrons. The van der Waals surface area contributed by atoms with Gasteiger partial charge in [-0.15, -0.1) is 0 Å². The van der Waals surface area contributed by atoms with Crippen LogP contribution in [0.2, 0.25) is 0 Å². The summed E-state index contributed by atoms with van der Waals surface area (Å²) in [5.74, 6) is 1.95. The number of carbonyl (C=O) groups is 1. The standard InChI is InChI=1S/C27H27N7O3/c28-24-4-2-1-3-23(24)25-16-26(32-18-31-25)33-19-5-7-21(8-6-19)37-22-9-10-29-20(15-22)17-30-27(35)34-11-13-36-14-12-34/h1-10,15-16,18H,11-14,17,28H2,(H,30,35)(H,31,32,33). The maximum absolute atomic E-state index is 12.3. The number of anilines is 3. The van der Waals surface area contributed by atoms with Gasteiger partial charge in [-0.3, -0.25) is 4.98 Å². The molecule has 0 atom stereocenters. The number of benzene rings is 2. The Morgan fingerprint density at radius 2 is 1.78 bits per heavy atom. The van der Waals surface area contributed by atoms with Crippen molar-refractivity contribution >= 4 is 23.2 Å². The van der Waals surface area contributed by atoms with Gasteiger partial charge in [0.1, 0.15) is 23.6 Å². The first-order valence-corrected chi connectivity index (χ1v) is 11.9. The van der Waals surface area contributed by atoms with Crippen LogP contribution < -0.4 is 21.1 Å². The first-order valence-electron chi connectivity index (χ1n) is 11.9. The second kappa shape index (κ2) is 11.4. The van der Waals surface area contributed by atoms with Gasteiger partial charge < -0.3 is 30.7 Å². The number of carbonyl (C=O) groups excluding carboxylic acids is 1. The molecule has 2 aromatic carbocycles. The summed E-state index contributed by atoms with van der Waals surface area (Å²) in [7, 11) is 0. The number of pyridine rings is 1. The fraction of sp³-hybridized carbons (Fsp3) is 0.185. The molecule has 10 nitrogen and oxygen atoms in total. The number of amides is 2. The number of morpholine rings is 1. The Bertz CT molecular complexity index is 1360. The van der Waals surface area contributed by atoms with E-state index in [1.165, 1.54) is 6.33 Å². The number of nitrogens with one attached hydrogen (secondary N) is 2. The Labute approximate surface area is 214 Å². The third-order valence-electron chi connectivity index (χ3n) is 5.77. The van der Waals surface area contributed by atoms with Crippen LogP contribution in [0.5, 0.6) is 11.5 Å². The number of nitrogen functional groups attached to an aromatic ring is 1. The SMILES string of the molecule is Nc1ccccc1-c1cc(Nc2ccc(Oc3ccnc(CNC(=O)N4CCOCC4)c3)cc2)ncn1. The van der Waals surface area contributed by atoms with Gasteiger partial charge in [-0.2, -0.15) is 0 Å². The van der Waals surface area contributed by atoms with Gasteiger partial charge in [0.2, 0.25) is 0 Å². The smallest absolute Gasteiger partial charge is 0.317 e. The third-order valence-corrected chi connectivity index (χ3v) is 5.77. The van der Waals surface area contributed by atoms with E-state index in [0.29, 0.717) is 61.5 Å². The van der Waals surface area contributed by atoms with Crippen molar-refractivity contribution in [3.05, 3.63) is 84.9 Å². The molecule has 10 heteroatoms. The van der Waals surface area contributed by atoms with Crippen LogP contribution in [0, 0.1) is 0 Å². The number of nitrogens with two attached hydrogens (primary N) is 1. The van der Waals surface area contributed by atoms with E-state index in [-0.39, 0.29) is 6.03 Å². The molecular formula is C27H27N7O3. The first kappa shape index (κ1) is 24.0. The lowest BCUT2D eigenvalue weighted by atomic mass is 10.1. The van der Waals surface area contributed by atoms with E-state index >= 15 is 0 Å². The molecular weight excluding hydrogens is 470 g/mol. The quantitative estimate of drug-likeness (QED) is 0.324. The van der Waals surface area contributed by atoms with Gasteiger partial charge in [-0.1, -0.05) is 18.2 Å². The molecule has 0 saturated carbocycles. The van der Waals surface area contributed by atoms with Gasteiger partial charge in [-0.05, 0) is 36.4 Å². The zero-order valence-corrected chi connectivity index (χ0v) is 20.1. The van der Waals surface area contributed by atoms with Crippen molar-refractivity contribution < 1.29 is 14.3 Å². The van der Waals surface area contributed by atoms with Crippen molar-refractivity contribution in [2.24, 2.45) is 0 Å². The van der Waals surface area contributed by atoms with Crippen LogP contribution in [0.1, 0.15) is 5.69 Å². The number of ether oxygens (including phenoxy) is 2. The Morgan fingerprint density at radius 1 is 0.973 bits per heavy atom. The van der Waals surface area contributed by atoms with Crippen molar-refractivity contribution in [3.8, 4) is 22.8 Å². The van der Waals surface area contributed by atoms with E-state index < -0.39 is 0 Å². The number of hydrogen-bond acceptors (Lipinski definition) is 8. The molecule has 1 aliphatic heterocycles. The van der Waals surface area contributed by atoms with Gasteiger partial charge in [0.15, 0.2) is 0 Å². The van der Waals surface area contributed by atoms with Crippen LogP contribution in [0.15, 0.2) is 79.3 Å². The molecule has 1 saturated heterocycles. The minimum atomic E-state index is -0.123. The van der Waals surface area contributed by atoms with Crippen LogP contribution in [-0.4, -0.2) is 52.2 Å². The number of nitrogens with zero attached hydrogens (tertiary/aromatic N) is 4. The molecule has 0 radical (unpaired) electrons. The molecule has 4 aromatic rings. The number of hydrogen-bond donors (Lipinski definition) is 3. The summed E-state index contributed by atoms with van der Waals surface area (Å²) >= 11 is 0. The topological polar surface area (TPSA) is 128 Å². The molecule has 1 aliphatic rings. The minimum Gasteiger partial charge on any atom is -0.457 e. The molecule has 5 rings (SSSR count). The Hall–Kier alpha value is -4.70. The molecule has 2 aromatic heterocycles. The van der Waals surface area contributed by atoms with E-state index in [0.717, 1.165) is 16.9 Å². The highest BCUT2D eigenvalue weighted by Gasteiger charge is 2.16. The molecule has 4 N–H and O–H groups in total. The largest absolute Gasteiger partial charge is 0.457 e. The summed E-state index contributed by atoms with van der Waals surface area (Å²) in [6.45, 7) is 2.62. The molecule has 1 fully saturated rings. The summed E-state index contributed by atoms with van der Waals surface area (Å²) in [6, 6.07) is 20.4. The molecule has 2 amide bonds. The lowest BCUT2D eigenvalue weighted by molar-refractivity contribution is 0.0531. The average molecular weight is 498 g/mol. The molecule has 0 spiro atoms. The summed E-state index contributed by atoms with van der Waals surface area (Å²) in [5.41, 5.74) is 9.89. The lowest BCUT2D eigenvalue weighted by Crippen LogP contribution is -2.45. The van der Waals surface area contributed by atoms with Crippen LogP contribution >= 0.6 is 0 Å². The number of rotatable bonds is 7. The first-order chi connectivity index (χ1) is 18.1. The van der Waals surface area contributed by atoms with E-state index in [2.05, 4.69) is 25.6 Å². The molecule has 37 heavy (non-hydrogen) atoms. The number of urea groups is 1. The summed E-state index contributed by atoms with van der Waals surface area (Å²) in [6.07, 6.45) is 3.17. The monoisotopic (exact) mass is 497 g/mol. The summed E-state index contributed by atoms with van der Waals surface area (Å²) in [4.78, 5) is 27.0. The van der Waals surface area contributed by atoms with Crippen LogP contribution in [0.4, 0.5) is 22.0 Å². The zero-order valence-electron chi connectivity index (χ0n) is 20.1. The van der Waals surface area contributed by atoms with Gasteiger partial charge in [0.05, 0.1) is 31.1 Å². The van der Waals surface area contributed by atoms with Gasteiger partial charge in [0, 0.05) is 48.4 Å². The molecule has 0 bridgehead atoms. The van der Waals surface area contributed by atoms with Crippen LogP contribution in [-0.2, 0) is 11.3 Å². The maximum atomic E-state index is 12.3. The van der Waals surface area contributed by atoms with Crippen LogP contribution in [0.3, 0.4) is 0 Å². The summed E-state index contributed by atoms with van der Waals surface area (Å²) in [5, 5.41) is 6.17. The van der Waals surface area contributed by atoms with Crippen LogP contribution in [0.25, 0.3) is 11.3 Å². The molecule has 0 unspecified atom stereocenters. The highest BCUT2D eigenvalue weighted by molar-refractivity contribution is 5.75. The van der Waals surface area contributed by atoms with Crippen molar-refractivity contribution in [2.45, 2.75) is 6.54 Å². The Morgan fingerprint density at radius 3 is 2.59 bits per heavy atom. The van der Waals surface area contributed by atoms with Crippen molar-refractivity contribution in [1.82, 2.24) is 25.2 Å². The zero-order chi connectivity index (χ0) is 25.5. The predicted molar refractivity (Wildman–Crippen MR) is 141 cm³/mol. The fourth-order valence-corrected chi connectivity index (χ4v) is 3.85. The normalized spacial score (nSPS) is 13.1. The maximum Gasteiger partial charge on any atom is 0.317 e. The minimum absolute atomic E-state index is 0.123. The Balaban J connectivity index is 1.18. The van der Waals surface area contributed by atoms with Gasteiger partial charge in [0.25, 0.3) is 0 Å². The van der Waals surface area contributed by atoms with Crippen molar-refractivity contribution in [1.29, 1.82) is 0 Å². The molecule has 3 heterocycles. The van der Waals surface area contributed by atoms with Gasteiger partial charge >= 0.3 is 6.03 Å². The van der Waals surface area contributed by atoms with Crippen molar-refractivity contribution in [3.63, 3.8) is 0 Å². The van der Waals surface area contributed by atoms with E-state index in [4.69, 9.17) is 15.2 Å². The average Bonchev–Trinajstić information content (AvgIpc) is 2.94. The lowest BCUT2D eigenvalue weighted by Gasteiger charge is -2.26. The third kappa shape index (κ3) is 6.30. The Kier molecular flexibility index (Phi) is 7.37.